The molecule has 2 heterocycles. The van der Waals surface area contributed by atoms with E-state index in [1.807, 2.05) is 62.9 Å². The van der Waals surface area contributed by atoms with Gasteiger partial charge in [-0.1, -0.05) is 48.0 Å². The number of phenols is 1. The standard InChI is InChI=1S/C29H29N3O3/c1-5-35-22-8-6-7-21(15-22)28-25-26(24-19(4)13-18(3)14-23(24)33)30-31-27(25)29(34)32(28)16-20-11-9-17(2)10-12-20/h6-15,28,33H,5,16H2,1-4H3,(H,30,31). The second-order valence-corrected chi connectivity index (χ2v) is 9.16. The zero-order chi connectivity index (χ0) is 24.7. The van der Waals surface area contributed by atoms with E-state index in [-0.39, 0.29) is 17.7 Å². The molecule has 5 rings (SSSR count). The highest BCUT2D eigenvalue weighted by Gasteiger charge is 2.42. The number of carbonyl (C=O) groups is 1. The van der Waals surface area contributed by atoms with Crippen LogP contribution in [0.5, 0.6) is 11.5 Å². The first kappa shape index (κ1) is 22.7. The summed E-state index contributed by atoms with van der Waals surface area (Å²) in [4.78, 5) is 15.6. The molecule has 0 bridgehead atoms. The summed E-state index contributed by atoms with van der Waals surface area (Å²) in [6, 6.07) is 19.4. The lowest BCUT2D eigenvalue weighted by atomic mass is 9.93. The summed E-state index contributed by atoms with van der Waals surface area (Å²) in [5, 5.41) is 18.4. The fraction of sp³-hybridized carbons (Fsp3) is 0.241. The van der Waals surface area contributed by atoms with Crippen LogP contribution in [0.3, 0.4) is 0 Å². The number of hydrogen-bond donors (Lipinski definition) is 2. The first-order chi connectivity index (χ1) is 16.9. The summed E-state index contributed by atoms with van der Waals surface area (Å²) in [6.45, 7) is 8.90. The van der Waals surface area contributed by atoms with E-state index in [1.165, 1.54) is 5.56 Å². The first-order valence-electron chi connectivity index (χ1n) is 11.9. The van der Waals surface area contributed by atoms with Crippen LogP contribution in [0.15, 0.2) is 60.7 Å². The van der Waals surface area contributed by atoms with E-state index in [1.54, 1.807) is 6.07 Å². The Labute approximate surface area is 205 Å². The van der Waals surface area contributed by atoms with Crippen molar-refractivity contribution in [3.05, 3.63) is 99.7 Å². The summed E-state index contributed by atoms with van der Waals surface area (Å²) in [5.74, 6) is 0.791. The molecule has 0 spiro atoms. The third-order valence-corrected chi connectivity index (χ3v) is 6.52. The van der Waals surface area contributed by atoms with Crippen LogP contribution < -0.4 is 4.74 Å². The van der Waals surface area contributed by atoms with E-state index in [0.29, 0.717) is 30.1 Å². The summed E-state index contributed by atoms with van der Waals surface area (Å²) >= 11 is 0. The molecule has 1 atom stereocenters. The predicted octanol–water partition coefficient (Wildman–Crippen LogP) is 5.85. The molecule has 1 aliphatic rings. The number of amides is 1. The molecular formula is C29H29N3O3. The van der Waals surface area contributed by atoms with Gasteiger partial charge in [-0.2, -0.15) is 5.10 Å². The Kier molecular flexibility index (Phi) is 5.81. The molecule has 1 aromatic heterocycles. The zero-order valence-electron chi connectivity index (χ0n) is 20.4. The van der Waals surface area contributed by atoms with Crippen molar-refractivity contribution in [2.75, 3.05) is 6.61 Å². The van der Waals surface area contributed by atoms with Gasteiger partial charge in [0.15, 0.2) is 0 Å². The smallest absolute Gasteiger partial charge is 0.273 e. The number of H-pyrrole nitrogens is 1. The van der Waals surface area contributed by atoms with Crippen LogP contribution >= 0.6 is 0 Å². The molecule has 6 heteroatoms. The van der Waals surface area contributed by atoms with Gasteiger partial charge in [0.2, 0.25) is 0 Å². The van der Waals surface area contributed by atoms with Gasteiger partial charge in [-0.3, -0.25) is 9.89 Å². The van der Waals surface area contributed by atoms with Gasteiger partial charge >= 0.3 is 0 Å². The molecule has 4 aromatic rings. The van der Waals surface area contributed by atoms with Gasteiger partial charge in [-0.25, -0.2) is 0 Å². The molecule has 1 unspecified atom stereocenters. The first-order valence-corrected chi connectivity index (χ1v) is 11.9. The molecule has 0 aliphatic carbocycles. The molecule has 1 aliphatic heterocycles. The van der Waals surface area contributed by atoms with Crippen LogP contribution in [-0.2, 0) is 6.54 Å². The van der Waals surface area contributed by atoms with Gasteiger partial charge < -0.3 is 14.7 Å². The van der Waals surface area contributed by atoms with Crippen molar-refractivity contribution in [1.82, 2.24) is 15.1 Å². The maximum Gasteiger partial charge on any atom is 0.273 e. The Hall–Kier alpha value is -4.06. The van der Waals surface area contributed by atoms with Gasteiger partial charge in [0.25, 0.3) is 5.91 Å². The quantitative estimate of drug-likeness (QED) is 0.373. The second kappa shape index (κ2) is 8.95. The highest BCUT2D eigenvalue weighted by Crippen LogP contribution is 2.46. The average Bonchev–Trinajstić information content (AvgIpc) is 3.34. The van der Waals surface area contributed by atoms with E-state index >= 15 is 0 Å². The number of hydrogen-bond acceptors (Lipinski definition) is 4. The van der Waals surface area contributed by atoms with Crippen molar-refractivity contribution in [3.8, 4) is 22.8 Å². The topological polar surface area (TPSA) is 78.5 Å². The van der Waals surface area contributed by atoms with E-state index in [9.17, 15) is 9.90 Å². The maximum absolute atomic E-state index is 13.7. The van der Waals surface area contributed by atoms with Gasteiger partial charge in [-0.05, 0) is 68.1 Å². The van der Waals surface area contributed by atoms with Crippen LogP contribution in [0.1, 0.15) is 56.8 Å². The zero-order valence-corrected chi connectivity index (χ0v) is 20.4. The van der Waals surface area contributed by atoms with Crippen molar-refractivity contribution in [2.24, 2.45) is 0 Å². The van der Waals surface area contributed by atoms with Crippen LogP contribution in [0.2, 0.25) is 0 Å². The highest BCUT2D eigenvalue weighted by molar-refractivity contribution is 6.00. The number of aromatic amines is 1. The highest BCUT2D eigenvalue weighted by atomic mass is 16.5. The van der Waals surface area contributed by atoms with Crippen molar-refractivity contribution in [1.29, 1.82) is 0 Å². The Bertz CT molecular complexity index is 1380. The molecule has 0 saturated heterocycles. The Morgan fingerprint density at radius 1 is 1.03 bits per heavy atom. The van der Waals surface area contributed by atoms with Crippen molar-refractivity contribution < 1.29 is 14.6 Å². The third kappa shape index (κ3) is 4.05. The van der Waals surface area contributed by atoms with E-state index in [2.05, 4.69) is 34.5 Å². The number of phenolic OH excluding ortho intramolecular Hbond substituents is 1. The van der Waals surface area contributed by atoms with Crippen LogP contribution in [0.4, 0.5) is 0 Å². The van der Waals surface area contributed by atoms with Gasteiger partial charge in [0, 0.05) is 17.7 Å². The Morgan fingerprint density at radius 3 is 2.51 bits per heavy atom. The fourth-order valence-corrected chi connectivity index (χ4v) is 4.98. The van der Waals surface area contributed by atoms with Gasteiger partial charge in [-0.15, -0.1) is 0 Å². The Morgan fingerprint density at radius 2 is 1.80 bits per heavy atom. The summed E-state index contributed by atoms with van der Waals surface area (Å²) < 4.78 is 5.77. The third-order valence-electron chi connectivity index (χ3n) is 6.52. The number of aromatic nitrogens is 2. The number of ether oxygens (including phenoxy) is 1. The monoisotopic (exact) mass is 467 g/mol. The van der Waals surface area contributed by atoms with Crippen molar-refractivity contribution in [3.63, 3.8) is 0 Å². The van der Waals surface area contributed by atoms with Crippen molar-refractivity contribution in [2.45, 2.75) is 40.3 Å². The van der Waals surface area contributed by atoms with Gasteiger partial charge in [0.1, 0.15) is 22.9 Å². The largest absolute Gasteiger partial charge is 0.507 e. The summed E-state index contributed by atoms with van der Waals surface area (Å²) in [6.07, 6.45) is 0. The molecular weight excluding hydrogens is 438 g/mol. The lowest BCUT2D eigenvalue weighted by molar-refractivity contribution is 0.0730. The molecule has 6 nitrogen and oxygen atoms in total. The maximum atomic E-state index is 13.7. The second-order valence-electron chi connectivity index (χ2n) is 9.16. The molecule has 3 aromatic carbocycles. The molecule has 0 fully saturated rings. The van der Waals surface area contributed by atoms with E-state index in [0.717, 1.165) is 33.6 Å². The molecule has 178 valence electrons. The lowest BCUT2D eigenvalue weighted by Crippen LogP contribution is -2.29. The number of carbonyl (C=O) groups excluding carboxylic acids is 1. The predicted molar refractivity (Wildman–Crippen MR) is 136 cm³/mol. The van der Waals surface area contributed by atoms with E-state index in [4.69, 9.17) is 4.74 Å². The number of nitrogens with one attached hydrogen (secondary N) is 1. The molecule has 0 radical (unpaired) electrons. The number of nitrogens with zero attached hydrogens (tertiary/aromatic N) is 2. The normalized spacial score (nSPS) is 14.9. The average molecular weight is 468 g/mol. The molecule has 0 saturated carbocycles. The SMILES string of the molecule is CCOc1cccc(C2c3c(-c4c(C)cc(C)cc4O)n[nH]c3C(=O)N2Cc2ccc(C)cc2)c1. The molecule has 1 amide bonds. The van der Waals surface area contributed by atoms with Crippen LogP contribution in [0, 0.1) is 20.8 Å². The number of rotatable bonds is 6. The minimum atomic E-state index is -0.381. The van der Waals surface area contributed by atoms with Gasteiger partial charge in [0.05, 0.1) is 12.6 Å². The van der Waals surface area contributed by atoms with Crippen LogP contribution in [0.25, 0.3) is 11.3 Å². The number of fused-ring (bicyclic) bond motifs is 1. The van der Waals surface area contributed by atoms with E-state index < -0.39 is 0 Å². The minimum Gasteiger partial charge on any atom is -0.507 e. The number of aromatic hydroxyl groups is 1. The number of aryl methyl sites for hydroxylation is 3. The lowest BCUT2D eigenvalue weighted by Gasteiger charge is -2.27. The minimum absolute atomic E-state index is 0.115. The summed E-state index contributed by atoms with van der Waals surface area (Å²) in [7, 11) is 0. The molecule has 35 heavy (non-hydrogen) atoms. The Balaban J connectivity index is 1.68. The van der Waals surface area contributed by atoms with Crippen LogP contribution in [-0.4, -0.2) is 32.7 Å². The fourth-order valence-electron chi connectivity index (χ4n) is 4.98. The molecule has 2 N–H and O–H groups in total. The summed E-state index contributed by atoms with van der Waals surface area (Å²) in [5.41, 5.74) is 7.49. The number of benzene rings is 3. The van der Waals surface area contributed by atoms with Crippen molar-refractivity contribution >= 4 is 5.91 Å².